The molecule has 0 aliphatic heterocycles. The number of aromatic hydroxyl groups is 2. The van der Waals surface area contributed by atoms with Gasteiger partial charge < -0.3 is 19.7 Å². The Hall–Kier alpha value is -3.22. The fraction of sp³-hybridized carbons (Fsp3) is 0.176. The maximum Gasteiger partial charge on any atom is 0.244 e. The third kappa shape index (κ3) is 4.39. The highest BCUT2D eigenvalue weighted by molar-refractivity contribution is 5.86. The van der Waals surface area contributed by atoms with Gasteiger partial charge in [-0.25, -0.2) is 5.43 Å². The van der Waals surface area contributed by atoms with Crippen LogP contribution >= 0.6 is 0 Å². The van der Waals surface area contributed by atoms with Gasteiger partial charge in [-0.3, -0.25) is 4.79 Å². The molecule has 0 saturated heterocycles. The van der Waals surface area contributed by atoms with Crippen molar-refractivity contribution in [3.8, 4) is 23.0 Å². The van der Waals surface area contributed by atoms with Crippen LogP contribution in [0.4, 0.5) is 0 Å². The highest BCUT2D eigenvalue weighted by Gasteiger charge is 2.07. The van der Waals surface area contributed by atoms with Crippen molar-refractivity contribution >= 4 is 12.1 Å². The number of phenols is 2. The number of hydrazone groups is 1. The van der Waals surface area contributed by atoms with E-state index in [1.807, 2.05) is 0 Å². The minimum absolute atomic E-state index is 0.0277. The Kier molecular flexibility index (Phi) is 5.62. The molecule has 2 aromatic rings. The van der Waals surface area contributed by atoms with Crippen LogP contribution in [0.1, 0.15) is 11.1 Å². The molecular formula is C17H18N2O5. The van der Waals surface area contributed by atoms with Gasteiger partial charge in [0, 0.05) is 11.6 Å². The van der Waals surface area contributed by atoms with E-state index in [1.165, 1.54) is 38.6 Å². The molecule has 2 rings (SSSR count). The second kappa shape index (κ2) is 7.87. The maximum absolute atomic E-state index is 11.9. The third-order valence-electron chi connectivity index (χ3n) is 3.22. The molecule has 0 fully saturated rings. The van der Waals surface area contributed by atoms with E-state index in [9.17, 15) is 15.0 Å². The molecule has 0 saturated carbocycles. The number of phenolic OH excluding ortho intramolecular Hbond substituents is 2. The van der Waals surface area contributed by atoms with Crippen molar-refractivity contribution < 1.29 is 24.5 Å². The fourth-order valence-electron chi connectivity index (χ4n) is 2.05. The zero-order chi connectivity index (χ0) is 17.5. The van der Waals surface area contributed by atoms with Gasteiger partial charge in [0.25, 0.3) is 0 Å². The summed E-state index contributed by atoms with van der Waals surface area (Å²) in [6.07, 6.45) is 1.48. The number of nitrogens with one attached hydrogen (secondary N) is 1. The summed E-state index contributed by atoms with van der Waals surface area (Å²) in [5, 5.41) is 22.9. The molecule has 0 heterocycles. The number of hydrogen-bond donors (Lipinski definition) is 3. The van der Waals surface area contributed by atoms with Gasteiger partial charge in [-0.05, 0) is 29.8 Å². The summed E-state index contributed by atoms with van der Waals surface area (Å²) in [6.45, 7) is 0. The van der Waals surface area contributed by atoms with Gasteiger partial charge in [0.05, 0.1) is 26.9 Å². The Bertz CT molecular complexity index is 759. The van der Waals surface area contributed by atoms with Gasteiger partial charge in [0.2, 0.25) is 5.91 Å². The first-order valence-corrected chi connectivity index (χ1v) is 7.08. The second-order valence-corrected chi connectivity index (χ2v) is 4.90. The highest BCUT2D eigenvalue weighted by Crippen LogP contribution is 2.26. The van der Waals surface area contributed by atoms with Gasteiger partial charge >= 0.3 is 0 Å². The summed E-state index contributed by atoms with van der Waals surface area (Å²) < 4.78 is 10.1. The van der Waals surface area contributed by atoms with Crippen molar-refractivity contribution in [3.05, 3.63) is 47.5 Å². The number of methoxy groups -OCH3 is 2. The molecule has 24 heavy (non-hydrogen) atoms. The average molecular weight is 330 g/mol. The van der Waals surface area contributed by atoms with Crippen LogP contribution in [-0.2, 0) is 11.2 Å². The van der Waals surface area contributed by atoms with Crippen LogP contribution in [0.5, 0.6) is 23.0 Å². The van der Waals surface area contributed by atoms with Crippen molar-refractivity contribution in [2.45, 2.75) is 6.42 Å². The van der Waals surface area contributed by atoms with Crippen LogP contribution in [0.25, 0.3) is 0 Å². The largest absolute Gasteiger partial charge is 0.508 e. The number of amides is 1. The Labute approximate surface area is 139 Å². The van der Waals surface area contributed by atoms with Gasteiger partial charge in [-0.15, -0.1) is 0 Å². The van der Waals surface area contributed by atoms with E-state index < -0.39 is 0 Å². The fourth-order valence-corrected chi connectivity index (χ4v) is 2.05. The Balaban J connectivity index is 1.97. The van der Waals surface area contributed by atoms with Crippen LogP contribution < -0.4 is 14.9 Å². The molecule has 0 unspecified atom stereocenters. The first-order chi connectivity index (χ1) is 11.5. The van der Waals surface area contributed by atoms with Gasteiger partial charge in [-0.2, -0.15) is 5.10 Å². The smallest absolute Gasteiger partial charge is 0.244 e. The van der Waals surface area contributed by atoms with Crippen LogP contribution in [0.2, 0.25) is 0 Å². The molecule has 126 valence electrons. The summed E-state index contributed by atoms with van der Waals surface area (Å²) in [4.78, 5) is 11.9. The molecule has 2 aromatic carbocycles. The first kappa shape index (κ1) is 17.1. The number of nitrogens with zero attached hydrogens (tertiary/aromatic N) is 1. The standard InChI is InChI=1S/C17H18N2O5/c1-23-15-6-3-11(7-14(15)21)8-17(22)19-18-10-12-4-5-13(20)9-16(12)24-2/h3-7,9-10,20-21H,8H2,1-2H3,(H,19,22)/b18-10+. The molecule has 0 bridgehead atoms. The zero-order valence-corrected chi connectivity index (χ0v) is 13.3. The molecule has 1 amide bonds. The van der Waals surface area contributed by atoms with Crippen molar-refractivity contribution in [1.82, 2.24) is 5.43 Å². The van der Waals surface area contributed by atoms with E-state index in [2.05, 4.69) is 10.5 Å². The number of carbonyl (C=O) groups excluding carboxylic acids is 1. The lowest BCUT2D eigenvalue weighted by molar-refractivity contribution is -0.120. The monoisotopic (exact) mass is 330 g/mol. The number of benzene rings is 2. The molecule has 0 aromatic heterocycles. The minimum atomic E-state index is -0.339. The van der Waals surface area contributed by atoms with E-state index in [4.69, 9.17) is 9.47 Å². The lowest BCUT2D eigenvalue weighted by Crippen LogP contribution is -2.19. The molecular weight excluding hydrogens is 312 g/mol. The molecule has 0 radical (unpaired) electrons. The maximum atomic E-state index is 11.9. The van der Waals surface area contributed by atoms with Crippen molar-refractivity contribution in [2.75, 3.05) is 14.2 Å². The summed E-state index contributed by atoms with van der Waals surface area (Å²) in [5.74, 6) is 0.491. The molecule has 7 heteroatoms. The first-order valence-electron chi connectivity index (χ1n) is 7.08. The molecule has 0 aliphatic rings. The Morgan fingerprint density at radius 3 is 2.54 bits per heavy atom. The lowest BCUT2D eigenvalue weighted by Gasteiger charge is -2.06. The summed E-state index contributed by atoms with van der Waals surface area (Å²) in [7, 11) is 2.93. The summed E-state index contributed by atoms with van der Waals surface area (Å²) >= 11 is 0. The van der Waals surface area contributed by atoms with Crippen molar-refractivity contribution in [1.29, 1.82) is 0 Å². The Morgan fingerprint density at radius 1 is 1.12 bits per heavy atom. The van der Waals surface area contributed by atoms with Gasteiger partial charge in [-0.1, -0.05) is 6.07 Å². The third-order valence-corrected chi connectivity index (χ3v) is 3.22. The predicted octanol–water partition coefficient (Wildman–Crippen LogP) is 1.81. The minimum Gasteiger partial charge on any atom is -0.508 e. The number of rotatable bonds is 6. The summed E-state index contributed by atoms with van der Waals surface area (Å²) in [5.41, 5.74) is 3.63. The molecule has 3 N–H and O–H groups in total. The van der Waals surface area contributed by atoms with E-state index in [0.717, 1.165) is 0 Å². The topological polar surface area (TPSA) is 100 Å². The van der Waals surface area contributed by atoms with Crippen LogP contribution in [0.15, 0.2) is 41.5 Å². The van der Waals surface area contributed by atoms with E-state index in [0.29, 0.717) is 22.6 Å². The average Bonchev–Trinajstić information content (AvgIpc) is 2.56. The SMILES string of the molecule is COc1ccc(CC(=O)N/N=C/c2ccc(O)cc2OC)cc1O. The van der Waals surface area contributed by atoms with E-state index in [-0.39, 0.29) is 23.8 Å². The second-order valence-electron chi connectivity index (χ2n) is 4.90. The zero-order valence-electron chi connectivity index (χ0n) is 13.3. The number of ether oxygens (including phenoxy) is 2. The van der Waals surface area contributed by atoms with Crippen LogP contribution in [-0.4, -0.2) is 36.6 Å². The quantitative estimate of drug-likeness (QED) is 0.554. The van der Waals surface area contributed by atoms with Crippen molar-refractivity contribution in [2.24, 2.45) is 5.10 Å². The highest BCUT2D eigenvalue weighted by atomic mass is 16.5. The van der Waals surface area contributed by atoms with E-state index >= 15 is 0 Å². The van der Waals surface area contributed by atoms with Crippen LogP contribution in [0, 0.1) is 0 Å². The summed E-state index contributed by atoms with van der Waals surface area (Å²) in [6, 6.07) is 9.29. The number of carbonyl (C=O) groups is 1. The predicted molar refractivity (Wildman–Crippen MR) is 88.8 cm³/mol. The lowest BCUT2D eigenvalue weighted by atomic mass is 10.1. The normalized spacial score (nSPS) is 10.6. The van der Waals surface area contributed by atoms with Crippen LogP contribution in [0.3, 0.4) is 0 Å². The van der Waals surface area contributed by atoms with Gasteiger partial charge in [0.15, 0.2) is 11.5 Å². The Morgan fingerprint density at radius 2 is 1.88 bits per heavy atom. The van der Waals surface area contributed by atoms with Gasteiger partial charge in [0.1, 0.15) is 11.5 Å². The molecule has 7 nitrogen and oxygen atoms in total. The molecule has 0 spiro atoms. The molecule has 0 aliphatic carbocycles. The van der Waals surface area contributed by atoms with Crippen molar-refractivity contribution in [3.63, 3.8) is 0 Å². The number of hydrogen-bond acceptors (Lipinski definition) is 6. The molecule has 0 atom stereocenters. The van der Waals surface area contributed by atoms with E-state index in [1.54, 1.807) is 18.2 Å².